The van der Waals surface area contributed by atoms with Crippen molar-refractivity contribution in [2.24, 2.45) is 5.92 Å². The highest BCUT2D eigenvalue weighted by Gasteiger charge is 2.13. The van der Waals surface area contributed by atoms with Gasteiger partial charge in [0.2, 0.25) is 5.91 Å². The fraction of sp³-hybridized carbons (Fsp3) is 0.273. The SMILES string of the molecule is CC(C)Cc1ccc(C#N)c(SCCC(=O)Nc2nc(-c3cccc([N+](=O)[O-])c3)cs2)n1. The number of benzene rings is 1. The number of nitrogens with zero attached hydrogens (tertiary/aromatic N) is 4. The van der Waals surface area contributed by atoms with E-state index in [9.17, 15) is 20.2 Å². The Labute approximate surface area is 193 Å². The van der Waals surface area contributed by atoms with Crippen LogP contribution in [0.4, 0.5) is 10.8 Å². The van der Waals surface area contributed by atoms with Gasteiger partial charge in [-0.05, 0) is 24.5 Å². The molecule has 0 aliphatic rings. The zero-order valence-corrected chi connectivity index (χ0v) is 19.2. The number of hydrogen-bond donors (Lipinski definition) is 1. The molecule has 1 N–H and O–H groups in total. The number of thiazole rings is 1. The second-order valence-electron chi connectivity index (χ2n) is 7.36. The molecular formula is C22H21N5O3S2. The number of anilines is 1. The number of amides is 1. The lowest BCUT2D eigenvalue weighted by atomic mass is 10.1. The topological polar surface area (TPSA) is 122 Å². The van der Waals surface area contributed by atoms with Crippen molar-refractivity contribution in [1.29, 1.82) is 5.26 Å². The summed E-state index contributed by atoms with van der Waals surface area (Å²) in [5.74, 6) is 0.737. The zero-order valence-electron chi connectivity index (χ0n) is 17.6. The van der Waals surface area contributed by atoms with E-state index in [1.807, 2.05) is 6.07 Å². The van der Waals surface area contributed by atoms with Gasteiger partial charge in [-0.1, -0.05) is 26.0 Å². The molecule has 0 saturated carbocycles. The molecule has 164 valence electrons. The Morgan fingerprint density at radius 2 is 2.12 bits per heavy atom. The minimum atomic E-state index is -0.457. The molecule has 0 bridgehead atoms. The van der Waals surface area contributed by atoms with Crippen LogP contribution in [0.15, 0.2) is 46.8 Å². The first-order valence-corrected chi connectivity index (χ1v) is 11.7. The van der Waals surface area contributed by atoms with Crippen LogP contribution in [0, 0.1) is 27.4 Å². The van der Waals surface area contributed by atoms with E-state index < -0.39 is 4.92 Å². The Hall–Kier alpha value is -3.29. The van der Waals surface area contributed by atoms with Crippen LogP contribution < -0.4 is 5.32 Å². The number of hydrogen-bond acceptors (Lipinski definition) is 8. The number of nitrogens with one attached hydrogen (secondary N) is 1. The first-order chi connectivity index (χ1) is 15.4. The van der Waals surface area contributed by atoms with E-state index in [0.29, 0.717) is 38.6 Å². The third-order valence-corrected chi connectivity index (χ3v) is 6.08. The highest BCUT2D eigenvalue weighted by molar-refractivity contribution is 7.99. The molecular weight excluding hydrogens is 446 g/mol. The average molecular weight is 468 g/mol. The quantitative estimate of drug-likeness (QED) is 0.257. The predicted octanol–water partition coefficient (Wildman–Crippen LogP) is 5.30. The Bertz CT molecular complexity index is 1170. The minimum Gasteiger partial charge on any atom is -0.302 e. The lowest BCUT2D eigenvalue weighted by molar-refractivity contribution is -0.384. The second kappa shape index (κ2) is 10.8. The standard InChI is InChI=1S/C22H21N5O3S2/c1-14(2)10-17-7-6-16(12-23)21(24-17)31-9-8-20(28)26-22-25-19(13-32-22)15-4-3-5-18(11-15)27(29)30/h3-7,11,13-14H,8-10H2,1-2H3,(H,25,26,28). The lowest BCUT2D eigenvalue weighted by Crippen LogP contribution is -2.12. The minimum absolute atomic E-state index is 0.0130. The van der Waals surface area contributed by atoms with Gasteiger partial charge in [-0.3, -0.25) is 14.9 Å². The summed E-state index contributed by atoms with van der Waals surface area (Å²) in [5.41, 5.74) is 2.60. The van der Waals surface area contributed by atoms with Gasteiger partial charge in [0.25, 0.3) is 5.69 Å². The lowest BCUT2D eigenvalue weighted by Gasteiger charge is -2.08. The number of thioether (sulfide) groups is 1. The number of non-ortho nitro benzene ring substituents is 1. The first-order valence-electron chi connectivity index (χ1n) is 9.88. The van der Waals surface area contributed by atoms with Gasteiger partial charge in [0, 0.05) is 40.9 Å². The number of nitro benzene ring substituents is 1. The molecule has 2 aromatic heterocycles. The van der Waals surface area contributed by atoms with Crippen molar-refractivity contribution < 1.29 is 9.72 Å². The molecule has 0 radical (unpaired) electrons. The van der Waals surface area contributed by atoms with E-state index in [1.54, 1.807) is 23.6 Å². The van der Waals surface area contributed by atoms with Gasteiger partial charge in [0.1, 0.15) is 11.1 Å². The number of nitro groups is 1. The maximum Gasteiger partial charge on any atom is 0.270 e. The summed E-state index contributed by atoms with van der Waals surface area (Å²) >= 11 is 2.64. The van der Waals surface area contributed by atoms with E-state index in [1.165, 1.54) is 35.2 Å². The number of nitriles is 1. The van der Waals surface area contributed by atoms with Crippen LogP contribution in [0.3, 0.4) is 0 Å². The molecule has 0 fully saturated rings. The molecule has 0 aliphatic heterocycles. The van der Waals surface area contributed by atoms with E-state index in [2.05, 4.69) is 35.2 Å². The monoisotopic (exact) mass is 467 g/mol. The third-order valence-electron chi connectivity index (χ3n) is 4.33. The van der Waals surface area contributed by atoms with Crippen LogP contribution in [0.25, 0.3) is 11.3 Å². The van der Waals surface area contributed by atoms with Gasteiger partial charge >= 0.3 is 0 Å². The smallest absolute Gasteiger partial charge is 0.270 e. The normalized spacial score (nSPS) is 10.7. The number of pyridine rings is 1. The molecule has 3 aromatic rings. The molecule has 8 nitrogen and oxygen atoms in total. The molecule has 10 heteroatoms. The number of carbonyl (C=O) groups excluding carboxylic acids is 1. The summed E-state index contributed by atoms with van der Waals surface area (Å²) in [6.07, 6.45) is 1.06. The zero-order chi connectivity index (χ0) is 23.1. The van der Waals surface area contributed by atoms with E-state index in [0.717, 1.165) is 12.1 Å². The van der Waals surface area contributed by atoms with Crippen LogP contribution in [0.1, 0.15) is 31.5 Å². The maximum absolute atomic E-state index is 12.3. The van der Waals surface area contributed by atoms with E-state index in [-0.39, 0.29) is 18.0 Å². The summed E-state index contributed by atoms with van der Waals surface area (Å²) in [6.45, 7) is 4.22. The Morgan fingerprint density at radius 1 is 1.31 bits per heavy atom. The predicted molar refractivity (Wildman–Crippen MR) is 126 cm³/mol. The number of carbonyl (C=O) groups is 1. The highest BCUT2D eigenvalue weighted by Crippen LogP contribution is 2.28. The van der Waals surface area contributed by atoms with Gasteiger partial charge in [-0.25, -0.2) is 9.97 Å². The fourth-order valence-corrected chi connectivity index (χ4v) is 4.54. The average Bonchev–Trinajstić information content (AvgIpc) is 3.22. The molecule has 1 aromatic carbocycles. The van der Waals surface area contributed by atoms with Gasteiger partial charge in [0.05, 0.1) is 16.2 Å². The van der Waals surface area contributed by atoms with Crippen molar-refractivity contribution in [2.45, 2.75) is 31.7 Å². The third kappa shape index (κ3) is 6.35. The molecule has 0 unspecified atom stereocenters. The Balaban J connectivity index is 1.57. The summed E-state index contributed by atoms with van der Waals surface area (Å²) in [4.78, 5) is 31.7. The molecule has 0 saturated heterocycles. The molecule has 3 rings (SSSR count). The summed E-state index contributed by atoms with van der Waals surface area (Å²) < 4.78 is 0. The Kier molecular flexibility index (Phi) is 7.92. The molecule has 0 spiro atoms. The van der Waals surface area contributed by atoms with Crippen LogP contribution in [-0.4, -0.2) is 26.6 Å². The van der Waals surface area contributed by atoms with Crippen LogP contribution >= 0.6 is 23.1 Å². The maximum atomic E-state index is 12.3. The van der Waals surface area contributed by atoms with Crippen LogP contribution in [-0.2, 0) is 11.2 Å². The first kappa shape index (κ1) is 23.4. The van der Waals surface area contributed by atoms with Crippen molar-refractivity contribution in [3.63, 3.8) is 0 Å². The molecule has 1 amide bonds. The molecule has 2 heterocycles. The fourth-order valence-electron chi connectivity index (χ4n) is 2.87. The molecule has 0 aliphatic carbocycles. The van der Waals surface area contributed by atoms with Gasteiger partial charge in [0.15, 0.2) is 5.13 Å². The summed E-state index contributed by atoms with van der Waals surface area (Å²) in [7, 11) is 0. The van der Waals surface area contributed by atoms with Gasteiger partial charge in [-0.15, -0.1) is 23.1 Å². The molecule has 0 atom stereocenters. The number of aromatic nitrogens is 2. The van der Waals surface area contributed by atoms with Crippen LogP contribution in [0.2, 0.25) is 0 Å². The van der Waals surface area contributed by atoms with E-state index in [4.69, 9.17) is 0 Å². The summed E-state index contributed by atoms with van der Waals surface area (Å²) in [6, 6.07) is 12.0. The van der Waals surface area contributed by atoms with Crippen molar-refractivity contribution in [3.8, 4) is 17.3 Å². The van der Waals surface area contributed by atoms with Crippen molar-refractivity contribution in [3.05, 3.63) is 63.1 Å². The van der Waals surface area contributed by atoms with Crippen molar-refractivity contribution in [2.75, 3.05) is 11.1 Å². The van der Waals surface area contributed by atoms with E-state index >= 15 is 0 Å². The van der Waals surface area contributed by atoms with Crippen molar-refractivity contribution in [1.82, 2.24) is 9.97 Å². The van der Waals surface area contributed by atoms with Crippen molar-refractivity contribution >= 4 is 39.8 Å². The summed E-state index contributed by atoms with van der Waals surface area (Å²) in [5, 5.41) is 25.8. The number of rotatable bonds is 9. The van der Waals surface area contributed by atoms with Crippen LogP contribution in [0.5, 0.6) is 0 Å². The molecule has 32 heavy (non-hydrogen) atoms. The Morgan fingerprint density at radius 3 is 2.84 bits per heavy atom. The van der Waals surface area contributed by atoms with Gasteiger partial charge < -0.3 is 5.32 Å². The largest absolute Gasteiger partial charge is 0.302 e. The second-order valence-corrected chi connectivity index (χ2v) is 9.30. The highest BCUT2D eigenvalue weighted by atomic mass is 32.2. The van der Waals surface area contributed by atoms with Gasteiger partial charge in [-0.2, -0.15) is 5.26 Å².